The van der Waals surface area contributed by atoms with Gasteiger partial charge < -0.3 is 10.5 Å². The molecule has 0 fully saturated rings. The molecule has 0 bridgehead atoms. The third-order valence-corrected chi connectivity index (χ3v) is 3.39. The van der Waals surface area contributed by atoms with Crippen LogP contribution in [0.1, 0.15) is 17.0 Å². The molecule has 0 aliphatic heterocycles. The molecule has 0 saturated heterocycles. The van der Waals surface area contributed by atoms with E-state index in [2.05, 4.69) is 4.98 Å². The van der Waals surface area contributed by atoms with Crippen LogP contribution in [0.4, 0.5) is 0 Å². The van der Waals surface area contributed by atoms with E-state index in [-0.39, 0.29) is 4.99 Å². The van der Waals surface area contributed by atoms with Gasteiger partial charge in [0.05, 0.1) is 16.3 Å². The van der Waals surface area contributed by atoms with Gasteiger partial charge in [-0.15, -0.1) is 0 Å². The van der Waals surface area contributed by atoms with Gasteiger partial charge in [-0.1, -0.05) is 35.4 Å². The Balaban J connectivity index is 2.50. The molecule has 6 heteroatoms. The molecule has 1 heterocycles. The first-order valence-electron chi connectivity index (χ1n) is 5.79. The quantitative estimate of drug-likeness (QED) is 0.847. The van der Waals surface area contributed by atoms with Gasteiger partial charge in [-0.3, -0.25) is 4.98 Å². The second kappa shape index (κ2) is 5.95. The lowest BCUT2D eigenvalue weighted by atomic mass is 10.1. The lowest BCUT2D eigenvalue weighted by molar-refractivity contribution is 0.480. The van der Waals surface area contributed by atoms with Gasteiger partial charge in [0.1, 0.15) is 16.5 Å². The summed E-state index contributed by atoms with van der Waals surface area (Å²) in [5.41, 5.74) is 7.87. The van der Waals surface area contributed by atoms with Gasteiger partial charge >= 0.3 is 0 Å². The van der Waals surface area contributed by atoms with Crippen molar-refractivity contribution < 1.29 is 4.74 Å². The van der Waals surface area contributed by atoms with Crippen molar-refractivity contribution in [3.05, 3.63) is 51.3 Å². The standard InChI is InChI=1S/C14H12Cl2N2OS/c1-7-5-12(13(14(17)20)8(2)18-7)19-11-4-3-9(15)6-10(11)16/h3-6H,1-2H3,(H2,17,20). The molecule has 104 valence electrons. The van der Waals surface area contributed by atoms with E-state index in [1.54, 1.807) is 24.3 Å². The molecule has 0 amide bonds. The van der Waals surface area contributed by atoms with E-state index >= 15 is 0 Å². The Hall–Kier alpha value is -1.36. The van der Waals surface area contributed by atoms with Crippen LogP contribution in [0.5, 0.6) is 11.5 Å². The normalized spacial score (nSPS) is 10.4. The largest absolute Gasteiger partial charge is 0.455 e. The van der Waals surface area contributed by atoms with Gasteiger partial charge in [0.2, 0.25) is 0 Å². The molecule has 0 saturated carbocycles. The average Bonchev–Trinajstić information content (AvgIpc) is 2.31. The summed E-state index contributed by atoms with van der Waals surface area (Å²) in [7, 11) is 0. The zero-order chi connectivity index (χ0) is 14.9. The predicted molar refractivity (Wildman–Crippen MR) is 86.1 cm³/mol. The molecule has 0 aliphatic rings. The number of nitrogens with zero attached hydrogens (tertiary/aromatic N) is 1. The van der Waals surface area contributed by atoms with E-state index in [0.717, 1.165) is 11.4 Å². The number of hydrogen-bond acceptors (Lipinski definition) is 3. The molecule has 20 heavy (non-hydrogen) atoms. The van der Waals surface area contributed by atoms with Crippen molar-refractivity contribution in [2.45, 2.75) is 13.8 Å². The summed E-state index contributed by atoms with van der Waals surface area (Å²) in [6, 6.07) is 6.77. The van der Waals surface area contributed by atoms with Gasteiger partial charge in [-0.05, 0) is 32.0 Å². The lowest BCUT2D eigenvalue weighted by Crippen LogP contribution is -2.14. The van der Waals surface area contributed by atoms with Crippen molar-refractivity contribution in [2.24, 2.45) is 5.73 Å². The van der Waals surface area contributed by atoms with Crippen molar-refractivity contribution in [3.8, 4) is 11.5 Å². The molecule has 0 spiro atoms. The summed E-state index contributed by atoms with van der Waals surface area (Å²) >= 11 is 17.0. The fourth-order valence-corrected chi connectivity index (χ4v) is 2.54. The van der Waals surface area contributed by atoms with Crippen LogP contribution in [0, 0.1) is 13.8 Å². The minimum absolute atomic E-state index is 0.232. The maximum absolute atomic E-state index is 6.10. The van der Waals surface area contributed by atoms with Gasteiger partial charge in [0, 0.05) is 16.8 Å². The monoisotopic (exact) mass is 326 g/mol. The molecule has 1 aromatic heterocycles. The Morgan fingerprint density at radius 1 is 1.20 bits per heavy atom. The van der Waals surface area contributed by atoms with Crippen LogP contribution in [-0.2, 0) is 0 Å². The van der Waals surface area contributed by atoms with Crippen molar-refractivity contribution >= 4 is 40.4 Å². The summed E-state index contributed by atoms with van der Waals surface area (Å²) in [4.78, 5) is 4.56. The number of hydrogen-bond donors (Lipinski definition) is 1. The number of halogens is 2. The molecule has 2 N–H and O–H groups in total. The number of aromatic nitrogens is 1. The maximum atomic E-state index is 6.10. The molecular weight excluding hydrogens is 315 g/mol. The molecule has 2 rings (SSSR count). The van der Waals surface area contributed by atoms with Gasteiger partial charge in [0.15, 0.2) is 0 Å². The Morgan fingerprint density at radius 2 is 1.90 bits per heavy atom. The number of nitrogens with two attached hydrogens (primary N) is 1. The number of pyridine rings is 1. The van der Waals surface area contributed by atoms with Crippen molar-refractivity contribution in [1.29, 1.82) is 0 Å². The van der Waals surface area contributed by atoms with E-state index in [9.17, 15) is 0 Å². The number of ether oxygens (including phenoxy) is 1. The fourth-order valence-electron chi connectivity index (χ4n) is 1.85. The van der Waals surface area contributed by atoms with E-state index in [4.69, 9.17) is 45.9 Å². The van der Waals surface area contributed by atoms with Crippen LogP contribution in [0.15, 0.2) is 24.3 Å². The second-order valence-electron chi connectivity index (χ2n) is 4.26. The highest BCUT2D eigenvalue weighted by molar-refractivity contribution is 7.80. The Kier molecular flexibility index (Phi) is 4.48. The summed E-state index contributed by atoms with van der Waals surface area (Å²) in [5.74, 6) is 1.02. The first kappa shape index (κ1) is 15.0. The molecule has 0 radical (unpaired) electrons. The van der Waals surface area contributed by atoms with Gasteiger partial charge in [-0.25, -0.2) is 0 Å². The Labute approximate surface area is 132 Å². The van der Waals surface area contributed by atoms with Crippen LogP contribution in [0.25, 0.3) is 0 Å². The summed E-state index contributed by atoms with van der Waals surface area (Å²) in [5, 5.41) is 0.956. The molecule has 2 aromatic rings. The average molecular weight is 327 g/mol. The van der Waals surface area contributed by atoms with Crippen LogP contribution < -0.4 is 10.5 Å². The number of thiocarbonyl (C=S) groups is 1. The SMILES string of the molecule is Cc1cc(Oc2ccc(Cl)cc2Cl)c(C(N)=S)c(C)n1. The van der Waals surface area contributed by atoms with E-state index in [0.29, 0.717) is 27.1 Å². The Bertz CT molecular complexity index is 689. The first-order valence-corrected chi connectivity index (χ1v) is 6.96. The van der Waals surface area contributed by atoms with Crippen molar-refractivity contribution in [1.82, 2.24) is 4.98 Å². The van der Waals surface area contributed by atoms with Crippen LogP contribution in [0.3, 0.4) is 0 Å². The zero-order valence-corrected chi connectivity index (χ0v) is 13.2. The lowest BCUT2D eigenvalue weighted by Gasteiger charge is -2.14. The maximum Gasteiger partial charge on any atom is 0.146 e. The fraction of sp³-hybridized carbons (Fsp3) is 0.143. The zero-order valence-electron chi connectivity index (χ0n) is 10.9. The van der Waals surface area contributed by atoms with E-state index in [1.807, 2.05) is 13.8 Å². The summed E-state index contributed by atoms with van der Waals surface area (Å²) in [6.45, 7) is 3.70. The number of aryl methyl sites for hydroxylation is 2. The number of rotatable bonds is 3. The molecule has 3 nitrogen and oxygen atoms in total. The van der Waals surface area contributed by atoms with Crippen molar-refractivity contribution in [2.75, 3.05) is 0 Å². The van der Waals surface area contributed by atoms with Gasteiger partial charge in [-0.2, -0.15) is 0 Å². The van der Waals surface area contributed by atoms with E-state index < -0.39 is 0 Å². The van der Waals surface area contributed by atoms with Crippen LogP contribution in [0.2, 0.25) is 10.0 Å². The smallest absolute Gasteiger partial charge is 0.146 e. The second-order valence-corrected chi connectivity index (χ2v) is 5.55. The van der Waals surface area contributed by atoms with E-state index in [1.165, 1.54) is 0 Å². The van der Waals surface area contributed by atoms with Gasteiger partial charge in [0.25, 0.3) is 0 Å². The molecular formula is C14H12Cl2N2OS. The number of benzene rings is 1. The third-order valence-electron chi connectivity index (χ3n) is 2.65. The highest BCUT2D eigenvalue weighted by atomic mass is 35.5. The minimum atomic E-state index is 0.232. The highest BCUT2D eigenvalue weighted by Gasteiger charge is 2.14. The Morgan fingerprint density at radius 3 is 2.50 bits per heavy atom. The molecule has 0 unspecified atom stereocenters. The topological polar surface area (TPSA) is 48.1 Å². The van der Waals surface area contributed by atoms with Crippen LogP contribution in [-0.4, -0.2) is 9.97 Å². The summed E-state index contributed by atoms with van der Waals surface area (Å²) in [6.07, 6.45) is 0. The predicted octanol–water partition coefficient (Wildman–Crippen LogP) is 4.43. The minimum Gasteiger partial charge on any atom is -0.455 e. The highest BCUT2D eigenvalue weighted by Crippen LogP contribution is 2.34. The molecule has 0 aliphatic carbocycles. The molecule has 0 atom stereocenters. The van der Waals surface area contributed by atoms with Crippen molar-refractivity contribution in [3.63, 3.8) is 0 Å². The third kappa shape index (κ3) is 3.20. The van der Waals surface area contributed by atoms with Crippen LogP contribution >= 0.6 is 35.4 Å². The summed E-state index contributed by atoms with van der Waals surface area (Å²) < 4.78 is 5.82. The first-order chi connectivity index (χ1) is 9.38. The molecule has 1 aromatic carbocycles.